The summed E-state index contributed by atoms with van der Waals surface area (Å²) in [6.45, 7) is 5.50. The van der Waals surface area contributed by atoms with Gasteiger partial charge in [0, 0.05) is 61.3 Å². The highest BCUT2D eigenvalue weighted by molar-refractivity contribution is 5.94. The minimum absolute atomic E-state index is 0.0127. The van der Waals surface area contributed by atoms with Crippen LogP contribution in [-0.2, 0) is 11.2 Å². The third-order valence-corrected chi connectivity index (χ3v) is 5.94. The maximum Gasteiger partial charge on any atom is 0.251 e. The number of piperidine rings is 1. The van der Waals surface area contributed by atoms with Crippen LogP contribution in [0.5, 0.6) is 5.75 Å². The van der Waals surface area contributed by atoms with Crippen LogP contribution in [0.4, 0.5) is 0 Å². The van der Waals surface area contributed by atoms with Gasteiger partial charge in [0.2, 0.25) is 5.91 Å². The first kappa shape index (κ1) is 21.3. The van der Waals surface area contributed by atoms with E-state index in [0.29, 0.717) is 17.9 Å². The number of nitrogens with one attached hydrogen (secondary N) is 1. The summed E-state index contributed by atoms with van der Waals surface area (Å²) in [5.74, 6) is 1.27. The number of hydrogen-bond donors (Lipinski definition) is 1. The third-order valence-electron chi connectivity index (χ3n) is 5.94. The number of nitrogens with zero attached hydrogens (tertiary/aromatic N) is 2. The molecule has 1 saturated heterocycles. The molecule has 1 atom stereocenters. The Morgan fingerprint density at radius 1 is 1.10 bits per heavy atom. The summed E-state index contributed by atoms with van der Waals surface area (Å²) in [6, 6.07) is 13.2. The number of hydrogen-bond acceptors (Lipinski definition) is 4. The molecule has 0 radical (unpaired) electrons. The van der Waals surface area contributed by atoms with Gasteiger partial charge in [-0.3, -0.25) is 14.6 Å². The summed E-state index contributed by atoms with van der Waals surface area (Å²) in [6.07, 6.45) is 4.62. The van der Waals surface area contributed by atoms with Crippen molar-refractivity contribution in [2.45, 2.75) is 58.1 Å². The van der Waals surface area contributed by atoms with E-state index in [9.17, 15) is 9.59 Å². The molecule has 0 bridgehead atoms. The van der Waals surface area contributed by atoms with Gasteiger partial charge in [0.15, 0.2) is 0 Å². The molecule has 31 heavy (non-hydrogen) atoms. The van der Waals surface area contributed by atoms with Crippen molar-refractivity contribution in [3.05, 3.63) is 59.4 Å². The van der Waals surface area contributed by atoms with Crippen LogP contribution in [-0.4, -0.2) is 46.9 Å². The fourth-order valence-corrected chi connectivity index (χ4v) is 4.04. The second-order valence-electron chi connectivity index (χ2n) is 8.79. The number of aromatic nitrogens is 1. The van der Waals surface area contributed by atoms with Crippen molar-refractivity contribution in [2.24, 2.45) is 5.92 Å². The highest BCUT2D eigenvalue weighted by atomic mass is 16.5. The van der Waals surface area contributed by atoms with Gasteiger partial charge in [-0.15, -0.1) is 0 Å². The second-order valence-corrected chi connectivity index (χ2v) is 8.79. The van der Waals surface area contributed by atoms with Crippen LogP contribution in [0.15, 0.2) is 42.5 Å². The summed E-state index contributed by atoms with van der Waals surface area (Å²) < 4.78 is 6.09. The topological polar surface area (TPSA) is 71.5 Å². The van der Waals surface area contributed by atoms with Crippen molar-refractivity contribution in [1.82, 2.24) is 15.2 Å². The van der Waals surface area contributed by atoms with Crippen LogP contribution >= 0.6 is 0 Å². The van der Waals surface area contributed by atoms with Crippen molar-refractivity contribution in [1.29, 1.82) is 0 Å². The Hall–Kier alpha value is -2.89. The zero-order valence-corrected chi connectivity index (χ0v) is 18.3. The van der Waals surface area contributed by atoms with Gasteiger partial charge in [-0.25, -0.2) is 0 Å². The Balaban J connectivity index is 1.24. The SMILES string of the molecule is Cc1cccc(C[C@@H](C)NC(=O)c2ccc(OC3CCN(C(=O)C4CC4)CC3)cc2)n1. The van der Waals surface area contributed by atoms with E-state index < -0.39 is 0 Å². The summed E-state index contributed by atoms with van der Waals surface area (Å²) in [5, 5.41) is 3.04. The average molecular weight is 422 g/mol. The first-order valence-electron chi connectivity index (χ1n) is 11.3. The van der Waals surface area contributed by atoms with E-state index in [1.54, 1.807) is 12.1 Å². The lowest BCUT2D eigenvalue weighted by Crippen LogP contribution is -2.42. The van der Waals surface area contributed by atoms with Crippen molar-refractivity contribution in [3.63, 3.8) is 0 Å². The molecule has 2 aliphatic rings. The molecule has 1 saturated carbocycles. The predicted octanol–water partition coefficient (Wildman–Crippen LogP) is 3.53. The van der Waals surface area contributed by atoms with E-state index in [2.05, 4.69) is 10.3 Å². The average Bonchev–Trinajstić information content (AvgIpc) is 3.60. The van der Waals surface area contributed by atoms with Crippen molar-refractivity contribution in [2.75, 3.05) is 13.1 Å². The number of aryl methyl sites for hydroxylation is 1. The van der Waals surface area contributed by atoms with Gasteiger partial charge in [-0.05, 0) is 63.1 Å². The Kier molecular flexibility index (Phi) is 6.54. The molecular formula is C25H31N3O3. The van der Waals surface area contributed by atoms with Crippen LogP contribution in [0.3, 0.4) is 0 Å². The molecule has 2 amide bonds. The lowest BCUT2D eigenvalue weighted by atomic mass is 10.1. The highest BCUT2D eigenvalue weighted by Gasteiger charge is 2.35. The summed E-state index contributed by atoms with van der Waals surface area (Å²) in [5.41, 5.74) is 2.56. The highest BCUT2D eigenvalue weighted by Crippen LogP contribution is 2.32. The quantitative estimate of drug-likeness (QED) is 0.742. The Morgan fingerprint density at radius 3 is 2.45 bits per heavy atom. The molecular weight excluding hydrogens is 390 g/mol. The zero-order valence-electron chi connectivity index (χ0n) is 18.3. The molecule has 6 nitrogen and oxygen atoms in total. The third kappa shape index (κ3) is 5.84. The molecule has 4 rings (SSSR count). The van der Waals surface area contributed by atoms with Crippen LogP contribution < -0.4 is 10.1 Å². The first-order valence-corrected chi connectivity index (χ1v) is 11.3. The predicted molar refractivity (Wildman–Crippen MR) is 119 cm³/mol. The van der Waals surface area contributed by atoms with E-state index in [4.69, 9.17) is 4.74 Å². The maximum atomic E-state index is 12.6. The molecule has 1 N–H and O–H groups in total. The van der Waals surface area contributed by atoms with E-state index in [1.165, 1.54) is 0 Å². The largest absolute Gasteiger partial charge is 0.490 e. The van der Waals surface area contributed by atoms with Gasteiger partial charge < -0.3 is 15.0 Å². The minimum Gasteiger partial charge on any atom is -0.490 e. The molecule has 1 aliphatic heterocycles. The summed E-state index contributed by atoms with van der Waals surface area (Å²) in [4.78, 5) is 31.2. The minimum atomic E-state index is -0.0985. The molecule has 164 valence electrons. The van der Waals surface area contributed by atoms with Crippen LogP contribution in [0, 0.1) is 12.8 Å². The molecule has 0 unspecified atom stereocenters. The number of amides is 2. The summed E-state index contributed by atoms with van der Waals surface area (Å²) in [7, 11) is 0. The first-order chi connectivity index (χ1) is 15.0. The lowest BCUT2D eigenvalue weighted by Gasteiger charge is -2.32. The van der Waals surface area contributed by atoms with E-state index >= 15 is 0 Å². The molecule has 2 heterocycles. The fourth-order valence-electron chi connectivity index (χ4n) is 4.04. The fraction of sp³-hybridized carbons (Fsp3) is 0.480. The molecule has 1 aromatic heterocycles. The van der Waals surface area contributed by atoms with Crippen LogP contribution in [0.1, 0.15) is 54.4 Å². The molecule has 0 spiro atoms. The van der Waals surface area contributed by atoms with E-state index in [1.807, 2.05) is 49.1 Å². The molecule has 2 fully saturated rings. The lowest BCUT2D eigenvalue weighted by molar-refractivity contribution is -0.134. The number of benzene rings is 1. The van der Waals surface area contributed by atoms with Gasteiger partial charge in [0.05, 0.1) is 0 Å². The Morgan fingerprint density at radius 2 is 1.81 bits per heavy atom. The van der Waals surface area contributed by atoms with Crippen molar-refractivity contribution < 1.29 is 14.3 Å². The second kappa shape index (κ2) is 9.50. The smallest absolute Gasteiger partial charge is 0.251 e. The summed E-state index contributed by atoms with van der Waals surface area (Å²) >= 11 is 0. The van der Waals surface area contributed by atoms with E-state index in [-0.39, 0.29) is 24.0 Å². The van der Waals surface area contributed by atoms with Gasteiger partial charge in [0.25, 0.3) is 5.91 Å². The van der Waals surface area contributed by atoms with E-state index in [0.717, 1.165) is 55.9 Å². The standard InChI is InChI=1S/C25H31N3O3/c1-17-4-3-5-21(26-17)16-18(2)27-24(29)19-8-10-22(11-9-19)31-23-12-14-28(15-13-23)25(30)20-6-7-20/h3-5,8-11,18,20,23H,6-7,12-16H2,1-2H3,(H,27,29)/t18-/m1/s1. The van der Waals surface area contributed by atoms with Gasteiger partial charge in [-0.2, -0.15) is 0 Å². The Bertz CT molecular complexity index is 916. The van der Waals surface area contributed by atoms with Crippen molar-refractivity contribution >= 4 is 11.8 Å². The zero-order chi connectivity index (χ0) is 21.8. The van der Waals surface area contributed by atoms with Gasteiger partial charge >= 0.3 is 0 Å². The maximum absolute atomic E-state index is 12.6. The van der Waals surface area contributed by atoms with Gasteiger partial charge in [-0.1, -0.05) is 6.07 Å². The Labute approximate surface area is 184 Å². The number of likely N-dealkylation sites (tertiary alicyclic amines) is 1. The number of carbonyl (C=O) groups excluding carboxylic acids is 2. The molecule has 1 aliphatic carbocycles. The number of rotatable bonds is 7. The number of ether oxygens (including phenoxy) is 1. The number of carbonyl (C=O) groups is 2. The molecule has 2 aromatic rings. The monoisotopic (exact) mass is 421 g/mol. The number of pyridine rings is 1. The molecule has 6 heteroatoms. The van der Waals surface area contributed by atoms with Crippen molar-refractivity contribution in [3.8, 4) is 5.75 Å². The van der Waals surface area contributed by atoms with Crippen LogP contribution in [0.25, 0.3) is 0 Å². The van der Waals surface area contributed by atoms with Crippen LogP contribution in [0.2, 0.25) is 0 Å². The molecule has 1 aromatic carbocycles. The normalized spacial score (nSPS) is 17.8. The van der Waals surface area contributed by atoms with Gasteiger partial charge in [0.1, 0.15) is 11.9 Å².